The van der Waals surface area contributed by atoms with Crippen LogP contribution in [0.2, 0.25) is 0 Å². The standard InChI is InChI=1S/C17H19ClN4OS/c1-20(2)10-5-6-11-14(9-10)24-16-13(22(11)17(18)23)8-7-12(15(16)19)21(3)4/h5-9H,19H2,1-4H3. The molecular formula is C17H19ClN4OS. The highest BCUT2D eigenvalue weighted by atomic mass is 35.5. The van der Waals surface area contributed by atoms with Gasteiger partial charge in [-0.3, -0.25) is 9.69 Å². The molecule has 0 aromatic heterocycles. The van der Waals surface area contributed by atoms with Crippen molar-refractivity contribution < 1.29 is 4.79 Å². The maximum absolute atomic E-state index is 12.1. The lowest BCUT2D eigenvalue weighted by atomic mass is 10.1. The van der Waals surface area contributed by atoms with Gasteiger partial charge in [-0.15, -0.1) is 0 Å². The molecular weight excluding hydrogens is 344 g/mol. The largest absolute Gasteiger partial charge is 0.396 e. The van der Waals surface area contributed by atoms with Gasteiger partial charge in [0.15, 0.2) is 0 Å². The minimum absolute atomic E-state index is 0.549. The van der Waals surface area contributed by atoms with Crippen LogP contribution < -0.4 is 20.4 Å². The molecule has 3 rings (SSSR count). The Morgan fingerprint density at radius 1 is 1.08 bits per heavy atom. The van der Waals surface area contributed by atoms with E-state index < -0.39 is 5.37 Å². The Hall–Kier alpha value is -2.05. The highest BCUT2D eigenvalue weighted by Crippen LogP contribution is 2.53. The number of fused-ring (bicyclic) bond motifs is 2. The Morgan fingerprint density at radius 3 is 2.33 bits per heavy atom. The summed E-state index contributed by atoms with van der Waals surface area (Å²) in [5.41, 5.74) is 10.5. The number of nitrogen functional groups attached to an aromatic ring is 1. The fraction of sp³-hybridized carbons (Fsp3) is 0.235. The van der Waals surface area contributed by atoms with Gasteiger partial charge < -0.3 is 15.5 Å². The van der Waals surface area contributed by atoms with Crippen LogP contribution in [-0.4, -0.2) is 33.6 Å². The lowest BCUT2D eigenvalue weighted by molar-refractivity contribution is 0.266. The van der Waals surface area contributed by atoms with Gasteiger partial charge in [0, 0.05) is 38.8 Å². The van der Waals surface area contributed by atoms with Crippen LogP contribution in [0.25, 0.3) is 0 Å². The maximum atomic E-state index is 12.1. The number of rotatable bonds is 2. The average molecular weight is 363 g/mol. The number of hydrogen-bond acceptors (Lipinski definition) is 5. The molecule has 2 aromatic carbocycles. The summed E-state index contributed by atoms with van der Waals surface area (Å²) in [6.07, 6.45) is 0. The monoisotopic (exact) mass is 362 g/mol. The number of carbonyl (C=O) groups excluding carboxylic acids is 1. The van der Waals surface area contributed by atoms with Crippen molar-refractivity contribution in [2.75, 3.05) is 48.6 Å². The van der Waals surface area contributed by atoms with Gasteiger partial charge in [-0.1, -0.05) is 11.8 Å². The maximum Gasteiger partial charge on any atom is 0.325 e. The molecule has 0 fully saturated rings. The minimum Gasteiger partial charge on any atom is -0.396 e. The third-order valence-electron chi connectivity index (χ3n) is 3.96. The second-order valence-corrected chi connectivity index (χ2v) is 7.35. The molecule has 24 heavy (non-hydrogen) atoms. The molecule has 0 radical (unpaired) electrons. The van der Waals surface area contributed by atoms with Crippen LogP contribution in [0.5, 0.6) is 0 Å². The summed E-state index contributed by atoms with van der Waals surface area (Å²) >= 11 is 7.45. The van der Waals surface area contributed by atoms with E-state index in [1.54, 1.807) is 11.8 Å². The van der Waals surface area contributed by atoms with E-state index >= 15 is 0 Å². The lowest BCUT2D eigenvalue weighted by Gasteiger charge is -2.32. The number of carbonyl (C=O) groups is 1. The van der Waals surface area contributed by atoms with Gasteiger partial charge in [-0.2, -0.15) is 0 Å². The van der Waals surface area contributed by atoms with Crippen LogP contribution in [0.15, 0.2) is 40.1 Å². The number of anilines is 5. The van der Waals surface area contributed by atoms with E-state index in [1.807, 2.05) is 68.3 Å². The lowest BCUT2D eigenvalue weighted by Crippen LogP contribution is -2.24. The first kappa shape index (κ1) is 16.8. The first-order valence-electron chi connectivity index (χ1n) is 7.40. The predicted octanol–water partition coefficient (Wildman–Crippen LogP) is 4.36. The minimum atomic E-state index is -0.549. The van der Waals surface area contributed by atoms with Gasteiger partial charge in [-0.05, 0) is 41.9 Å². The van der Waals surface area contributed by atoms with Crippen molar-refractivity contribution in [2.24, 2.45) is 0 Å². The first-order chi connectivity index (χ1) is 11.3. The van der Waals surface area contributed by atoms with Crippen molar-refractivity contribution in [2.45, 2.75) is 9.79 Å². The predicted molar refractivity (Wildman–Crippen MR) is 103 cm³/mol. The van der Waals surface area contributed by atoms with E-state index in [1.165, 1.54) is 4.90 Å². The molecule has 0 aliphatic carbocycles. The van der Waals surface area contributed by atoms with Crippen LogP contribution in [0.1, 0.15) is 0 Å². The molecule has 0 atom stereocenters. The van der Waals surface area contributed by atoms with Crippen molar-refractivity contribution in [1.82, 2.24) is 0 Å². The van der Waals surface area contributed by atoms with Crippen molar-refractivity contribution in [3.05, 3.63) is 30.3 Å². The second kappa shape index (κ2) is 6.11. The third-order valence-corrected chi connectivity index (χ3v) is 5.31. The molecule has 1 heterocycles. The van der Waals surface area contributed by atoms with E-state index in [9.17, 15) is 4.79 Å². The zero-order valence-electron chi connectivity index (χ0n) is 14.0. The van der Waals surface area contributed by atoms with Crippen molar-refractivity contribution in [3.8, 4) is 0 Å². The molecule has 0 saturated carbocycles. The fourth-order valence-electron chi connectivity index (χ4n) is 2.73. The highest BCUT2D eigenvalue weighted by molar-refractivity contribution is 8.00. The molecule has 1 aliphatic rings. The van der Waals surface area contributed by atoms with Crippen LogP contribution in [0, 0.1) is 0 Å². The molecule has 1 aliphatic heterocycles. The molecule has 126 valence electrons. The topological polar surface area (TPSA) is 52.8 Å². The summed E-state index contributed by atoms with van der Waals surface area (Å²) in [7, 11) is 7.83. The van der Waals surface area contributed by atoms with Crippen LogP contribution in [-0.2, 0) is 0 Å². The Labute approximate surface area is 151 Å². The smallest absolute Gasteiger partial charge is 0.325 e. The van der Waals surface area contributed by atoms with Gasteiger partial charge in [0.2, 0.25) is 0 Å². The van der Waals surface area contributed by atoms with Crippen LogP contribution in [0.4, 0.5) is 33.2 Å². The quantitative estimate of drug-likeness (QED) is 0.488. The summed E-state index contributed by atoms with van der Waals surface area (Å²) in [5.74, 6) is 0. The Kier molecular flexibility index (Phi) is 4.27. The van der Waals surface area contributed by atoms with Gasteiger partial charge in [0.25, 0.3) is 0 Å². The van der Waals surface area contributed by atoms with Crippen molar-refractivity contribution >= 4 is 57.2 Å². The van der Waals surface area contributed by atoms with E-state index in [4.69, 9.17) is 17.3 Å². The SMILES string of the molecule is CN(C)c1ccc2c(c1)Sc1c(ccc(N(C)C)c1N)N2C(=O)Cl. The summed E-state index contributed by atoms with van der Waals surface area (Å²) < 4.78 is 0. The molecule has 0 saturated heterocycles. The normalized spacial score (nSPS) is 12.5. The molecule has 0 bridgehead atoms. The van der Waals surface area contributed by atoms with Crippen molar-refractivity contribution in [1.29, 1.82) is 0 Å². The van der Waals surface area contributed by atoms with Crippen LogP contribution >= 0.6 is 23.4 Å². The molecule has 0 spiro atoms. The molecule has 2 N–H and O–H groups in total. The molecule has 5 nitrogen and oxygen atoms in total. The van der Waals surface area contributed by atoms with E-state index in [-0.39, 0.29) is 0 Å². The Bertz CT molecular complexity index is 822. The Balaban J connectivity index is 2.21. The zero-order valence-corrected chi connectivity index (χ0v) is 15.6. The van der Waals surface area contributed by atoms with Crippen molar-refractivity contribution in [3.63, 3.8) is 0 Å². The molecule has 7 heteroatoms. The van der Waals surface area contributed by atoms with Gasteiger partial charge in [0.05, 0.1) is 27.6 Å². The number of benzene rings is 2. The van der Waals surface area contributed by atoms with Gasteiger partial charge in [-0.25, -0.2) is 0 Å². The summed E-state index contributed by atoms with van der Waals surface area (Å²) in [5, 5.41) is -0.549. The Morgan fingerprint density at radius 2 is 1.75 bits per heavy atom. The van der Waals surface area contributed by atoms with E-state index in [0.717, 1.165) is 26.9 Å². The van der Waals surface area contributed by atoms with Crippen LogP contribution in [0.3, 0.4) is 0 Å². The number of hydrogen-bond donors (Lipinski definition) is 1. The number of nitrogens with zero attached hydrogens (tertiary/aromatic N) is 3. The van der Waals surface area contributed by atoms with E-state index in [2.05, 4.69) is 0 Å². The zero-order chi connectivity index (χ0) is 17.6. The summed E-state index contributed by atoms with van der Waals surface area (Å²) in [6.45, 7) is 0. The van der Waals surface area contributed by atoms with E-state index in [0.29, 0.717) is 11.4 Å². The molecule has 2 aromatic rings. The average Bonchev–Trinajstić information content (AvgIpc) is 2.52. The first-order valence-corrected chi connectivity index (χ1v) is 8.59. The fourth-order valence-corrected chi connectivity index (χ4v) is 4.05. The highest BCUT2D eigenvalue weighted by Gasteiger charge is 2.30. The third kappa shape index (κ3) is 2.65. The summed E-state index contributed by atoms with van der Waals surface area (Å²) in [4.78, 5) is 19.4. The van der Waals surface area contributed by atoms with Gasteiger partial charge in [0.1, 0.15) is 0 Å². The molecule has 0 unspecified atom stereocenters. The van der Waals surface area contributed by atoms with Gasteiger partial charge >= 0.3 is 5.37 Å². The second-order valence-electron chi connectivity index (χ2n) is 5.98. The number of halogens is 1. The number of nitrogens with two attached hydrogens (primary N) is 1. The summed E-state index contributed by atoms with van der Waals surface area (Å²) in [6, 6.07) is 9.71. The number of amides is 1. The molecule has 1 amide bonds.